The van der Waals surface area contributed by atoms with Gasteiger partial charge in [-0.05, 0) is 38.1 Å². The second kappa shape index (κ2) is 7.05. The lowest BCUT2D eigenvalue weighted by atomic mass is 10.0. The van der Waals surface area contributed by atoms with E-state index in [9.17, 15) is 13.2 Å². The molecule has 2 rings (SSSR count). The smallest absolute Gasteiger partial charge is 0.251 e. The van der Waals surface area contributed by atoms with Crippen molar-refractivity contribution >= 4 is 15.7 Å². The normalized spacial score (nSPS) is 12.5. The Labute approximate surface area is 142 Å². The summed E-state index contributed by atoms with van der Waals surface area (Å²) in [5.74, 6) is 0.356. The monoisotopic (exact) mass is 347 g/mol. The molecule has 5 nitrogen and oxygen atoms in total. The Morgan fingerprint density at radius 1 is 1.17 bits per heavy atom. The third-order valence-corrected chi connectivity index (χ3v) is 4.83. The van der Waals surface area contributed by atoms with Crippen molar-refractivity contribution in [3.05, 3.63) is 59.2 Å². The van der Waals surface area contributed by atoms with E-state index in [1.807, 2.05) is 32.0 Å². The summed E-state index contributed by atoms with van der Waals surface area (Å²) in [5.41, 5.74) is 2.23. The molecule has 0 bridgehead atoms. The molecule has 1 amide bonds. The molecular formula is C18H21NO4S. The molecule has 128 valence electrons. The van der Waals surface area contributed by atoms with Gasteiger partial charge in [-0.25, -0.2) is 8.42 Å². The van der Waals surface area contributed by atoms with Crippen LogP contribution in [0, 0.1) is 6.92 Å². The minimum Gasteiger partial charge on any atom is -0.496 e. The lowest BCUT2D eigenvalue weighted by molar-refractivity contribution is 0.0939. The van der Waals surface area contributed by atoms with Gasteiger partial charge in [-0.3, -0.25) is 4.79 Å². The van der Waals surface area contributed by atoms with Gasteiger partial charge < -0.3 is 10.1 Å². The molecule has 1 atom stereocenters. The number of rotatable bonds is 5. The lowest BCUT2D eigenvalue weighted by Gasteiger charge is -2.18. The van der Waals surface area contributed by atoms with Crippen LogP contribution in [-0.4, -0.2) is 27.7 Å². The van der Waals surface area contributed by atoms with Crippen molar-refractivity contribution in [2.75, 3.05) is 13.4 Å². The maximum absolute atomic E-state index is 12.4. The van der Waals surface area contributed by atoms with Crippen molar-refractivity contribution in [3.8, 4) is 5.75 Å². The Balaban J connectivity index is 2.25. The molecule has 0 aliphatic carbocycles. The fourth-order valence-electron chi connectivity index (χ4n) is 2.42. The summed E-state index contributed by atoms with van der Waals surface area (Å²) < 4.78 is 28.6. The number of benzene rings is 2. The first kappa shape index (κ1) is 18.0. The van der Waals surface area contributed by atoms with Crippen molar-refractivity contribution in [2.24, 2.45) is 0 Å². The van der Waals surface area contributed by atoms with E-state index in [0.717, 1.165) is 17.4 Å². The number of ether oxygens (including phenoxy) is 1. The van der Waals surface area contributed by atoms with Gasteiger partial charge in [0.25, 0.3) is 5.91 Å². The number of nitrogens with one attached hydrogen (secondary N) is 1. The Bertz CT molecular complexity index is 859. The van der Waals surface area contributed by atoms with Crippen molar-refractivity contribution < 1.29 is 17.9 Å². The number of carbonyl (C=O) groups excluding carboxylic acids is 1. The number of hydrogen-bond acceptors (Lipinski definition) is 4. The first-order valence-electron chi connectivity index (χ1n) is 7.48. The van der Waals surface area contributed by atoms with E-state index >= 15 is 0 Å². The minimum atomic E-state index is -3.36. The van der Waals surface area contributed by atoms with E-state index < -0.39 is 9.84 Å². The average Bonchev–Trinajstić information content (AvgIpc) is 2.54. The number of sulfone groups is 1. The molecule has 0 aromatic heterocycles. The zero-order chi connectivity index (χ0) is 17.9. The number of methoxy groups -OCH3 is 1. The molecule has 0 fully saturated rings. The topological polar surface area (TPSA) is 72.5 Å². The molecule has 0 aliphatic heterocycles. The number of carbonyl (C=O) groups is 1. The Hall–Kier alpha value is -2.34. The number of aryl methyl sites for hydroxylation is 1. The van der Waals surface area contributed by atoms with Crippen LogP contribution >= 0.6 is 0 Å². The highest BCUT2D eigenvalue weighted by Gasteiger charge is 2.17. The van der Waals surface area contributed by atoms with Crippen LogP contribution in [0.2, 0.25) is 0 Å². The van der Waals surface area contributed by atoms with Crippen LogP contribution < -0.4 is 10.1 Å². The summed E-state index contributed by atoms with van der Waals surface area (Å²) in [7, 11) is -1.77. The average molecular weight is 347 g/mol. The maximum atomic E-state index is 12.4. The van der Waals surface area contributed by atoms with E-state index in [1.165, 1.54) is 12.1 Å². The molecule has 2 aromatic carbocycles. The highest BCUT2D eigenvalue weighted by molar-refractivity contribution is 7.90. The molecule has 0 saturated heterocycles. The second-order valence-electron chi connectivity index (χ2n) is 5.74. The van der Waals surface area contributed by atoms with Crippen LogP contribution in [0.25, 0.3) is 0 Å². The van der Waals surface area contributed by atoms with E-state index in [4.69, 9.17) is 4.74 Å². The third kappa shape index (κ3) is 4.14. The SMILES string of the molecule is COc1ccc(C)cc1[C@@H](C)NC(=O)c1cccc(S(C)(=O)=O)c1. The molecule has 6 heteroatoms. The lowest BCUT2D eigenvalue weighted by Crippen LogP contribution is -2.27. The maximum Gasteiger partial charge on any atom is 0.251 e. The number of hydrogen-bond donors (Lipinski definition) is 1. The summed E-state index contributed by atoms with van der Waals surface area (Å²) in [6.07, 6.45) is 1.12. The molecule has 0 saturated carbocycles. The Kier molecular flexibility index (Phi) is 5.29. The minimum absolute atomic E-state index is 0.121. The van der Waals surface area contributed by atoms with Gasteiger partial charge in [-0.1, -0.05) is 23.8 Å². The molecule has 24 heavy (non-hydrogen) atoms. The van der Waals surface area contributed by atoms with Gasteiger partial charge in [-0.2, -0.15) is 0 Å². The quantitative estimate of drug-likeness (QED) is 0.903. The van der Waals surface area contributed by atoms with Gasteiger partial charge in [0.2, 0.25) is 0 Å². The molecule has 2 aromatic rings. The fraction of sp³-hybridized carbons (Fsp3) is 0.278. The molecule has 0 unspecified atom stereocenters. The standard InChI is InChI=1S/C18H21NO4S/c1-12-8-9-17(23-3)16(10-12)13(2)19-18(20)14-6-5-7-15(11-14)24(4,21)22/h5-11,13H,1-4H3,(H,19,20)/t13-/m1/s1. The van der Waals surface area contributed by atoms with Crippen molar-refractivity contribution in [3.63, 3.8) is 0 Å². The first-order chi connectivity index (χ1) is 11.2. The highest BCUT2D eigenvalue weighted by atomic mass is 32.2. The van der Waals surface area contributed by atoms with Crippen molar-refractivity contribution in [1.82, 2.24) is 5.32 Å². The van der Waals surface area contributed by atoms with Crippen LogP contribution in [0.15, 0.2) is 47.4 Å². The van der Waals surface area contributed by atoms with Gasteiger partial charge in [0.15, 0.2) is 9.84 Å². The van der Waals surface area contributed by atoms with Crippen LogP contribution in [0.4, 0.5) is 0 Å². The Morgan fingerprint density at radius 2 is 1.88 bits per heavy atom. The van der Waals surface area contributed by atoms with Gasteiger partial charge in [0.1, 0.15) is 5.75 Å². The van der Waals surface area contributed by atoms with Gasteiger partial charge >= 0.3 is 0 Å². The summed E-state index contributed by atoms with van der Waals surface area (Å²) in [6.45, 7) is 3.82. The van der Waals surface area contributed by atoms with Crippen LogP contribution in [-0.2, 0) is 9.84 Å². The third-order valence-electron chi connectivity index (χ3n) is 3.72. The summed E-state index contributed by atoms with van der Waals surface area (Å²) >= 11 is 0. The van der Waals surface area contributed by atoms with Crippen LogP contribution in [0.5, 0.6) is 5.75 Å². The first-order valence-corrected chi connectivity index (χ1v) is 9.37. The van der Waals surface area contributed by atoms with E-state index in [2.05, 4.69) is 5.32 Å². The predicted octanol–water partition coefficient (Wildman–Crippen LogP) is 2.90. The second-order valence-corrected chi connectivity index (χ2v) is 7.76. The van der Waals surface area contributed by atoms with Gasteiger partial charge in [0.05, 0.1) is 18.0 Å². The summed E-state index contributed by atoms with van der Waals surface area (Å²) in [6, 6.07) is 11.5. The predicted molar refractivity (Wildman–Crippen MR) is 93.2 cm³/mol. The largest absolute Gasteiger partial charge is 0.496 e. The molecule has 1 N–H and O–H groups in total. The van der Waals surface area contributed by atoms with Gasteiger partial charge in [0, 0.05) is 17.4 Å². The zero-order valence-electron chi connectivity index (χ0n) is 14.2. The molecule has 0 spiro atoms. The molecule has 0 aliphatic rings. The summed E-state index contributed by atoms with van der Waals surface area (Å²) in [4.78, 5) is 12.6. The molecule has 0 heterocycles. The zero-order valence-corrected chi connectivity index (χ0v) is 15.0. The van der Waals surface area contributed by atoms with E-state index in [-0.39, 0.29) is 16.8 Å². The molecule has 0 radical (unpaired) electrons. The van der Waals surface area contributed by atoms with Crippen LogP contribution in [0.3, 0.4) is 0 Å². The van der Waals surface area contributed by atoms with Gasteiger partial charge in [-0.15, -0.1) is 0 Å². The van der Waals surface area contributed by atoms with E-state index in [0.29, 0.717) is 11.3 Å². The highest BCUT2D eigenvalue weighted by Crippen LogP contribution is 2.26. The summed E-state index contributed by atoms with van der Waals surface area (Å²) in [5, 5.41) is 2.88. The van der Waals surface area contributed by atoms with E-state index in [1.54, 1.807) is 19.2 Å². The number of amides is 1. The Morgan fingerprint density at radius 3 is 2.50 bits per heavy atom. The van der Waals surface area contributed by atoms with Crippen molar-refractivity contribution in [1.29, 1.82) is 0 Å². The van der Waals surface area contributed by atoms with Crippen molar-refractivity contribution in [2.45, 2.75) is 24.8 Å². The van der Waals surface area contributed by atoms with Crippen LogP contribution in [0.1, 0.15) is 34.5 Å². The molecular weight excluding hydrogens is 326 g/mol. The fourth-order valence-corrected chi connectivity index (χ4v) is 3.08.